The second-order valence-corrected chi connectivity index (χ2v) is 7.90. The van der Waals surface area contributed by atoms with Gasteiger partial charge in [0.1, 0.15) is 9.88 Å². The van der Waals surface area contributed by atoms with Crippen molar-refractivity contribution in [3.05, 3.63) is 16.0 Å². The van der Waals surface area contributed by atoms with E-state index in [0.717, 1.165) is 30.1 Å². The predicted octanol–water partition coefficient (Wildman–Crippen LogP) is 3.88. The Hall–Kier alpha value is -1.67. The number of carbonyl (C=O) groups excluding carboxylic acids is 2. The molecule has 0 aromatic carbocycles. The van der Waals surface area contributed by atoms with Crippen LogP contribution in [0.3, 0.4) is 0 Å². The van der Waals surface area contributed by atoms with E-state index in [2.05, 4.69) is 17.6 Å². The molecular weight excluding hydrogens is 372 g/mol. The van der Waals surface area contributed by atoms with E-state index in [1.165, 1.54) is 33.5 Å². The molecule has 8 heteroatoms. The average molecular weight is 399 g/mol. The minimum Gasteiger partial charge on any atom is -0.465 e. The van der Waals surface area contributed by atoms with Crippen LogP contribution in [0.25, 0.3) is 0 Å². The minimum absolute atomic E-state index is 0.316. The van der Waals surface area contributed by atoms with Crippen LogP contribution < -0.4 is 10.6 Å². The third kappa shape index (κ3) is 4.73. The Balaban J connectivity index is 2.11. The first-order valence-corrected chi connectivity index (χ1v) is 10.0. The molecule has 0 amide bonds. The van der Waals surface area contributed by atoms with E-state index in [1.54, 1.807) is 6.92 Å². The van der Waals surface area contributed by atoms with Crippen LogP contribution >= 0.6 is 23.6 Å². The maximum absolute atomic E-state index is 12.1. The lowest BCUT2D eigenvalue weighted by Gasteiger charge is -2.29. The molecule has 1 aromatic rings. The summed E-state index contributed by atoms with van der Waals surface area (Å²) in [6.45, 7) is 3.93. The van der Waals surface area contributed by atoms with E-state index in [1.807, 2.05) is 0 Å². The van der Waals surface area contributed by atoms with Gasteiger partial charge in [-0.25, -0.2) is 9.59 Å². The second kappa shape index (κ2) is 9.32. The fraction of sp³-hybridized carbons (Fsp3) is 0.611. The standard InChI is InChI=1S/C18H26N2O4S2/c1-5-11-6-8-12(9-7-11)19-18(25)20-15-13(16(21)23-3)10(2)14(26-15)17(22)24-4/h11-12H,5-9H2,1-4H3,(H2,19,20,25). The van der Waals surface area contributed by atoms with Crippen molar-refractivity contribution in [2.75, 3.05) is 19.5 Å². The molecule has 1 aliphatic rings. The highest BCUT2D eigenvalue weighted by Crippen LogP contribution is 2.34. The molecule has 0 radical (unpaired) electrons. The molecule has 0 atom stereocenters. The van der Waals surface area contributed by atoms with Crippen molar-refractivity contribution in [2.45, 2.75) is 52.0 Å². The Kier molecular flexibility index (Phi) is 7.40. The molecule has 1 heterocycles. The van der Waals surface area contributed by atoms with Gasteiger partial charge < -0.3 is 20.1 Å². The molecule has 2 N–H and O–H groups in total. The molecule has 1 saturated carbocycles. The molecule has 0 spiro atoms. The fourth-order valence-electron chi connectivity index (χ4n) is 3.28. The van der Waals surface area contributed by atoms with E-state index >= 15 is 0 Å². The highest BCUT2D eigenvalue weighted by Gasteiger charge is 2.27. The van der Waals surface area contributed by atoms with Gasteiger partial charge in [0.2, 0.25) is 0 Å². The van der Waals surface area contributed by atoms with Crippen LogP contribution in [0.15, 0.2) is 0 Å². The maximum Gasteiger partial charge on any atom is 0.348 e. The number of thiophene rings is 1. The van der Waals surface area contributed by atoms with Gasteiger partial charge in [-0.05, 0) is 56.3 Å². The number of ether oxygens (including phenoxy) is 2. The minimum atomic E-state index is -0.511. The van der Waals surface area contributed by atoms with Crippen LogP contribution in [0, 0.1) is 12.8 Å². The highest BCUT2D eigenvalue weighted by atomic mass is 32.1. The zero-order chi connectivity index (χ0) is 19.3. The van der Waals surface area contributed by atoms with Crippen molar-refractivity contribution >= 4 is 45.6 Å². The van der Waals surface area contributed by atoms with Gasteiger partial charge in [-0.1, -0.05) is 13.3 Å². The van der Waals surface area contributed by atoms with Crippen LogP contribution in [0.4, 0.5) is 5.00 Å². The fourth-order valence-corrected chi connectivity index (χ4v) is 4.73. The molecule has 0 aliphatic heterocycles. The first-order chi connectivity index (χ1) is 12.4. The van der Waals surface area contributed by atoms with Crippen LogP contribution in [-0.2, 0) is 9.47 Å². The summed E-state index contributed by atoms with van der Waals surface area (Å²) in [6.07, 6.45) is 5.80. The summed E-state index contributed by atoms with van der Waals surface area (Å²) in [7, 11) is 2.62. The molecule has 1 aromatic heterocycles. The molecule has 1 fully saturated rings. The van der Waals surface area contributed by atoms with Gasteiger partial charge in [-0.2, -0.15) is 0 Å². The van der Waals surface area contributed by atoms with E-state index in [4.69, 9.17) is 21.7 Å². The maximum atomic E-state index is 12.1. The lowest BCUT2D eigenvalue weighted by Crippen LogP contribution is -2.40. The number of hydrogen-bond acceptors (Lipinski definition) is 6. The Labute approximate surface area is 163 Å². The largest absolute Gasteiger partial charge is 0.465 e. The summed E-state index contributed by atoms with van der Waals surface area (Å²) in [6, 6.07) is 0.334. The monoisotopic (exact) mass is 398 g/mol. The number of rotatable bonds is 5. The Bertz CT molecular complexity index is 679. The summed E-state index contributed by atoms with van der Waals surface area (Å²) >= 11 is 6.56. The third-order valence-corrected chi connectivity index (χ3v) is 6.30. The van der Waals surface area contributed by atoms with Crippen molar-refractivity contribution in [3.8, 4) is 0 Å². The zero-order valence-corrected chi connectivity index (χ0v) is 17.3. The number of anilines is 1. The summed E-state index contributed by atoms with van der Waals surface area (Å²) in [5.74, 6) is -0.187. The van der Waals surface area contributed by atoms with Gasteiger partial charge in [0.15, 0.2) is 5.11 Å². The number of hydrogen-bond donors (Lipinski definition) is 2. The van der Waals surface area contributed by atoms with Gasteiger partial charge in [0.05, 0.1) is 19.8 Å². The molecule has 26 heavy (non-hydrogen) atoms. The first-order valence-electron chi connectivity index (χ1n) is 8.78. The molecule has 0 unspecified atom stereocenters. The number of nitrogens with one attached hydrogen (secondary N) is 2. The normalized spacial score (nSPS) is 19.5. The summed E-state index contributed by atoms with van der Waals surface area (Å²) < 4.78 is 9.64. The van der Waals surface area contributed by atoms with Crippen molar-refractivity contribution in [1.29, 1.82) is 0 Å². The smallest absolute Gasteiger partial charge is 0.348 e. The van der Waals surface area contributed by atoms with Crippen molar-refractivity contribution < 1.29 is 19.1 Å². The lowest BCUT2D eigenvalue weighted by molar-refractivity contribution is 0.0601. The van der Waals surface area contributed by atoms with Gasteiger partial charge in [0.25, 0.3) is 0 Å². The SMILES string of the molecule is CCC1CCC(NC(=S)Nc2sc(C(=O)OC)c(C)c2C(=O)OC)CC1. The summed E-state index contributed by atoms with van der Waals surface area (Å²) in [4.78, 5) is 24.4. The van der Waals surface area contributed by atoms with Crippen molar-refractivity contribution in [1.82, 2.24) is 5.32 Å². The predicted molar refractivity (Wildman–Crippen MR) is 107 cm³/mol. The van der Waals surface area contributed by atoms with E-state index < -0.39 is 11.9 Å². The lowest BCUT2D eigenvalue weighted by atomic mass is 9.85. The average Bonchev–Trinajstić information content (AvgIpc) is 2.96. The molecule has 6 nitrogen and oxygen atoms in total. The molecule has 0 bridgehead atoms. The number of esters is 2. The van der Waals surface area contributed by atoms with E-state index in [-0.39, 0.29) is 0 Å². The number of carbonyl (C=O) groups is 2. The van der Waals surface area contributed by atoms with E-state index in [9.17, 15) is 9.59 Å². The second-order valence-electron chi connectivity index (χ2n) is 6.47. The van der Waals surface area contributed by atoms with Gasteiger partial charge in [0, 0.05) is 6.04 Å². The first kappa shape index (κ1) is 20.6. The highest BCUT2D eigenvalue weighted by molar-refractivity contribution is 7.80. The van der Waals surface area contributed by atoms with Gasteiger partial charge >= 0.3 is 11.9 Å². The topological polar surface area (TPSA) is 76.7 Å². The van der Waals surface area contributed by atoms with Gasteiger partial charge in [-0.15, -0.1) is 11.3 Å². The summed E-state index contributed by atoms with van der Waals surface area (Å²) in [5, 5.41) is 7.34. The molecule has 0 saturated heterocycles. The quantitative estimate of drug-likeness (QED) is 0.576. The van der Waals surface area contributed by atoms with Crippen molar-refractivity contribution in [3.63, 3.8) is 0 Å². The van der Waals surface area contributed by atoms with Crippen LogP contribution in [0.1, 0.15) is 64.6 Å². The van der Waals surface area contributed by atoms with Crippen molar-refractivity contribution in [2.24, 2.45) is 5.92 Å². The summed E-state index contributed by atoms with van der Waals surface area (Å²) in [5.41, 5.74) is 0.846. The van der Waals surface area contributed by atoms with Crippen LogP contribution in [0.2, 0.25) is 0 Å². The number of thiocarbonyl (C=S) groups is 1. The van der Waals surface area contributed by atoms with E-state index in [0.29, 0.717) is 32.2 Å². The molecule has 2 rings (SSSR count). The van der Waals surface area contributed by atoms with Crippen LogP contribution in [0.5, 0.6) is 0 Å². The molecule has 1 aliphatic carbocycles. The zero-order valence-electron chi connectivity index (χ0n) is 15.6. The third-order valence-electron chi connectivity index (χ3n) is 4.89. The van der Waals surface area contributed by atoms with Gasteiger partial charge in [-0.3, -0.25) is 0 Å². The number of methoxy groups -OCH3 is 2. The Morgan fingerprint density at radius 2 is 1.77 bits per heavy atom. The molecular formula is C18H26N2O4S2. The Morgan fingerprint density at radius 3 is 2.31 bits per heavy atom. The molecule has 144 valence electrons. The Morgan fingerprint density at radius 1 is 1.15 bits per heavy atom. The van der Waals surface area contributed by atoms with Crippen LogP contribution in [-0.4, -0.2) is 37.3 Å².